The molecule has 4 heteroatoms. The molecular formula is C9H14ClNO2. The normalized spacial score (nSPS) is 30.1. The van der Waals surface area contributed by atoms with E-state index in [9.17, 15) is 4.79 Å². The maximum absolute atomic E-state index is 11.5. The van der Waals surface area contributed by atoms with Crippen LogP contribution in [0.2, 0.25) is 0 Å². The van der Waals surface area contributed by atoms with E-state index < -0.39 is 5.38 Å². The van der Waals surface area contributed by atoms with E-state index in [0.717, 1.165) is 25.9 Å². The molecule has 0 aromatic heterocycles. The van der Waals surface area contributed by atoms with Crippen molar-refractivity contribution in [2.75, 3.05) is 13.2 Å². The first kappa shape index (κ1) is 9.28. The molecule has 0 aromatic rings. The minimum atomic E-state index is -0.400. The summed E-state index contributed by atoms with van der Waals surface area (Å²) >= 11 is 6.02. The van der Waals surface area contributed by atoms with Crippen LogP contribution in [0.5, 0.6) is 0 Å². The molecular weight excluding hydrogens is 190 g/mol. The minimum Gasteiger partial charge on any atom is -0.381 e. The molecule has 1 saturated heterocycles. The highest BCUT2D eigenvalue weighted by atomic mass is 35.5. The summed E-state index contributed by atoms with van der Waals surface area (Å²) in [5.41, 5.74) is 0. The number of ether oxygens (including phenoxy) is 1. The molecule has 2 rings (SSSR count). The van der Waals surface area contributed by atoms with Crippen molar-refractivity contribution in [1.82, 2.24) is 5.32 Å². The van der Waals surface area contributed by atoms with Crippen LogP contribution in [0.25, 0.3) is 0 Å². The van der Waals surface area contributed by atoms with Crippen LogP contribution in [0.3, 0.4) is 0 Å². The Labute approximate surface area is 82.8 Å². The van der Waals surface area contributed by atoms with Crippen LogP contribution < -0.4 is 5.32 Å². The van der Waals surface area contributed by atoms with E-state index in [1.807, 2.05) is 0 Å². The number of amides is 1. The largest absolute Gasteiger partial charge is 0.381 e. The number of rotatable bonds is 3. The molecule has 0 spiro atoms. The van der Waals surface area contributed by atoms with Crippen molar-refractivity contribution in [3.8, 4) is 0 Å². The zero-order chi connectivity index (χ0) is 9.26. The number of halogens is 1. The molecule has 1 amide bonds. The van der Waals surface area contributed by atoms with Gasteiger partial charge in [-0.15, -0.1) is 11.6 Å². The van der Waals surface area contributed by atoms with Gasteiger partial charge in [0.05, 0.1) is 6.61 Å². The van der Waals surface area contributed by atoms with Gasteiger partial charge in [0, 0.05) is 18.6 Å². The Kier molecular flexibility index (Phi) is 2.74. The van der Waals surface area contributed by atoms with Gasteiger partial charge >= 0.3 is 0 Å². The van der Waals surface area contributed by atoms with Crippen molar-refractivity contribution >= 4 is 17.5 Å². The molecule has 3 nitrogen and oxygen atoms in total. The number of hydrogen-bond donors (Lipinski definition) is 1. The zero-order valence-corrected chi connectivity index (χ0v) is 8.22. The van der Waals surface area contributed by atoms with Crippen LogP contribution in [0.15, 0.2) is 0 Å². The van der Waals surface area contributed by atoms with Crippen LogP contribution in [0, 0.1) is 5.92 Å². The molecule has 0 radical (unpaired) electrons. The maximum Gasteiger partial charge on any atom is 0.238 e. The van der Waals surface area contributed by atoms with Gasteiger partial charge in [0.15, 0.2) is 0 Å². The van der Waals surface area contributed by atoms with Gasteiger partial charge in [-0.25, -0.2) is 0 Å². The van der Waals surface area contributed by atoms with Crippen LogP contribution in [0.1, 0.15) is 19.3 Å². The molecule has 1 N–H and O–H groups in total. The SMILES string of the molecule is O=C(NC1CC1)C(Cl)C1CCOC1. The van der Waals surface area contributed by atoms with Crippen molar-refractivity contribution in [1.29, 1.82) is 0 Å². The average Bonchev–Trinajstić information content (AvgIpc) is 2.78. The molecule has 2 atom stereocenters. The lowest BCUT2D eigenvalue weighted by molar-refractivity contribution is -0.121. The Hall–Kier alpha value is -0.280. The van der Waals surface area contributed by atoms with Gasteiger partial charge in [-0.3, -0.25) is 4.79 Å². The summed E-state index contributed by atoms with van der Waals surface area (Å²) in [4.78, 5) is 11.5. The smallest absolute Gasteiger partial charge is 0.238 e. The van der Waals surface area contributed by atoms with Gasteiger partial charge in [-0.05, 0) is 19.3 Å². The van der Waals surface area contributed by atoms with Crippen molar-refractivity contribution < 1.29 is 9.53 Å². The topological polar surface area (TPSA) is 38.3 Å². The van der Waals surface area contributed by atoms with Crippen LogP contribution in [-0.2, 0) is 9.53 Å². The summed E-state index contributed by atoms with van der Waals surface area (Å²) in [6, 6.07) is 0.399. The molecule has 0 aromatic carbocycles. The first-order chi connectivity index (χ1) is 6.27. The van der Waals surface area contributed by atoms with Gasteiger partial charge in [-0.1, -0.05) is 0 Å². The highest BCUT2D eigenvalue weighted by Crippen LogP contribution is 2.24. The molecule has 2 unspecified atom stereocenters. The third kappa shape index (κ3) is 2.35. The number of carbonyl (C=O) groups is 1. The van der Waals surface area contributed by atoms with E-state index >= 15 is 0 Å². The van der Waals surface area contributed by atoms with Crippen molar-refractivity contribution in [2.45, 2.75) is 30.7 Å². The molecule has 13 heavy (non-hydrogen) atoms. The summed E-state index contributed by atoms with van der Waals surface area (Å²) in [5, 5.41) is 2.50. The number of nitrogens with one attached hydrogen (secondary N) is 1. The zero-order valence-electron chi connectivity index (χ0n) is 7.46. The fourth-order valence-corrected chi connectivity index (χ4v) is 1.77. The maximum atomic E-state index is 11.5. The minimum absolute atomic E-state index is 0.0142. The van der Waals surface area contributed by atoms with E-state index in [2.05, 4.69) is 5.32 Å². The van der Waals surface area contributed by atoms with E-state index in [1.165, 1.54) is 0 Å². The monoisotopic (exact) mass is 203 g/mol. The summed E-state index contributed by atoms with van der Waals surface area (Å²) in [5.74, 6) is 0.195. The third-order valence-corrected chi connectivity index (χ3v) is 3.11. The van der Waals surface area contributed by atoms with Crippen molar-refractivity contribution in [3.63, 3.8) is 0 Å². The van der Waals surface area contributed by atoms with Gasteiger partial charge in [0.2, 0.25) is 5.91 Å². The Morgan fingerprint density at radius 3 is 2.77 bits per heavy atom. The lowest BCUT2D eigenvalue weighted by Crippen LogP contribution is -2.37. The predicted octanol–water partition coefficient (Wildman–Crippen LogP) is 0.909. The second-order valence-corrected chi connectivity index (χ2v) is 4.28. The fourth-order valence-electron chi connectivity index (χ4n) is 1.51. The van der Waals surface area contributed by atoms with Gasteiger partial charge in [0.25, 0.3) is 0 Å². The Morgan fingerprint density at radius 1 is 1.46 bits per heavy atom. The highest BCUT2D eigenvalue weighted by Gasteiger charge is 2.32. The van der Waals surface area contributed by atoms with Crippen molar-refractivity contribution in [3.05, 3.63) is 0 Å². The lowest BCUT2D eigenvalue weighted by Gasteiger charge is -2.14. The van der Waals surface area contributed by atoms with Crippen LogP contribution >= 0.6 is 11.6 Å². The summed E-state index contributed by atoms with van der Waals surface area (Å²) in [7, 11) is 0. The quantitative estimate of drug-likeness (QED) is 0.693. The lowest BCUT2D eigenvalue weighted by atomic mass is 10.0. The molecule has 0 bridgehead atoms. The van der Waals surface area contributed by atoms with E-state index in [4.69, 9.17) is 16.3 Å². The van der Waals surface area contributed by atoms with E-state index in [-0.39, 0.29) is 11.8 Å². The molecule has 1 aliphatic heterocycles. The Morgan fingerprint density at radius 2 is 2.23 bits per heavy atom. The van der Waals surface area contributed by atoms with Gasteiger partial charge < -0.3 is 10.1 Å². The van der Waals surface area contributed by atoms with Gasteiger partial charge in [0.1, 0.15) is 5.38 Å². The van der Waals surface area contributed by atoms with Gasteiger partial charge in [-0.2, -0.15) is 0 Å². The summed E-state index contributed by atoms with van der Waals surface area (Å²) < 4.78 is 5.18. The molecule has 1 heterocycles. The highest BCUT2D eigenvalue weighted by molar-refractivity contribution is 6.31. The number of carbonyl (C=O) groups excluding carboxylic acids is 1. The molecule has 74 valence electrons. The summed E-state index contributed by atoms with van der Waals surface area (Å²) in [6.45, 7) is 1.37. The Bertz CT molecular complexity index is 200. The average molecular weight is 204 g/mol. The second-order valence-electron chi connectivity index (χ2n) is 3.81. The standard InChI is InChI=1S/C9H14ClNO2/c10-8(6-3-4-13-5-6)9(12)11-7-1-2-7/h6-8H,1-5H2,(H,11,12). The van der Waals surface area contributed by atoms with E-state index in [0.29, 0.717) is 12.6 Å². The molecule has 1 aliphatic carbocycles. The first-order valence-corrected chi connectivity index (χ1v) is 5.23. The van der Waals surface area contributed by atoms with Crippen molar-refractivity contribution in [2.24, 2.45) is 5.92 Å². The fraction of sp³-hybridized carbons (Fsp3) is 0.889. The third-order valence-electron chi connectivity index (χ3n) is 2.55. The van der Waals surface area contributed by atoms with E-state index in [1.54, 1.807) is 0 Å². The first-order valence-electron chi connectivity index (χ1n) is 4.79. The summed E-state index contributed by atoms with van der Waals surface area (Å²) in [6.07, 6.45) is 3.12. The number of alkyl halides is 1. The van der Waals surface area contributed by atoms with Crippen LogP contribution in [-0.4, -0.2) is 30.5 Å². The molecule has 2 fully saturated rings. The molecule has 1 saturated carbocycles. The van der Waals surface area contributed by atoms with Crippen LogP contribution in [0.4, 0.5) is 0 Å². The number of hydrogen-bond acceptors (Lipinski definition) is 2. The Balaban J connectivity index is 1.79. The predicted molar refractivity (Wildman–Crippen MR) is 49.7 cm³/mol. The molecule has 2 aliphatic rings. The second kappa shape index (κ2) is 3.84.